The first-order valence-corrected chi connectivity index (χ1v) is 22.0. The maximum Gasteiger partial charge on any atom is -1.00 e. The molecule has 0 saturated heterocycles. The fourth-order valence-electron chi connectivity index (χ4n) is 4.58. The van der Waals surface area contributed by atoms with Gasteiger partial charge in [-0.1, -0.05) is 0 Å². The van der Waals surface area contributed by atoms with Gasteiger partial charge in [-0.25, -0.2) is 0 Å². The minimum Gasteiger partial charge on any atom is -1.00 e. The second kappa shape index (κ2) is 12.1. The summed E-state index contributed by atoms with van der Waals surface area (Å²) >= 11 is -2.21. The predicted molar refractivity (Wildman–Crippen MR) is 132 cm³/mol. The molecule has 2 aliphatic rings. The van der Waals surface area contributed by atoms with Gasteiger partial charge < -0.3 is 24.8 Å². The molecule has 2 aliphatic carbocycles. The molecule has 0 aliphatic heterocycles. The summed E-state index contributed by atoms with van der Waals surface area (Å²) in [5.41, 5.74) is 5.00. The molecule has 3 aromatic rings. The van der Waals surface area contributed by atoms with Crippen LogP contribution >= 0.6 is 0 Å². The molecular weight excluding hydrogens is 626 g/mol. The molecule has 33 heavy (non-hydrogen) atoms. The van der Waals surface area contributed by atoms with Gasteiger partial charge in [0, 0.05) is 0 Å². The first-order valence-electron chi connectivity index (χ1n) is 11.0. The van der Waals surface area contributed by atoms with E-state index in [0.29, 0.717) is 0 Å². The van der Waals surface area contributed by atoms with Crippen molar-refractivity contribution < 1.29 is 44.9 Å². The summed E-state index contributed by atoms with van der Waals surface area (Å²) < 4.78 is 3.58. The third-order valence-electron chi connectivity index (χ3n) is 6.18. The van der Waals surface area contributed by atoms with E-state index in [1.165, 1.54) is 22.3 Å². The van der Waals surface area contributed by atoms with Gasteiger partial charge in [0.25, 0.3) is 0 Å². The van der Waals surface area contributed by atoms with Crippen LogP contribution in [0.1, 0.15) is 24.0 Å². The maximum absolute atomic E-state index is 2.59. The van der Waals surface area contributed by atoms with Gasteiger partial charge in [-0.15, -0.1) is 0 Å². The van der Waals surface area contributed by atoms with E-state index in [0.717, 1.165) is 12.8 Å². The van der Waals surface area contributed by atoms with Crippen molar-refractivity contribution in [2.45, 2.75) is 19.4 Å². The Kier molecular flexibility index (Phi) is 9.52. The van der Waals surface area contributed by atoms with Gasteiger partial charge in [0.15, 0.2) is 0 Å². The third kappa shape index (κ3) is 5.86. The fourth-order valence-corrected chi connectivity index (χ4v) is 30.5. The molecule has 3 aromatic carbocycles. The zero-order chi connectivity index (χ0) is 21.0. The van der Waals surface area contributed by atoms with Crippen molar-refractivity contribution in [2.75, 3.05) is 0 Å². The molecular formula is C29H26Cl2HfSi. The quantitative estimate of drug-likeness (QED) is 0.360. The molecule has 5 rings (SSSR count). The van der Waals surface area contributed by atoms with Crippen molar-refractivity contribution in [1.82, 2.24) is 0 Å². The molecule has 164 valence electrons. The van der Waals surface area contributed by atoms with E-state index < -0.39 is 25.6 Å². The smallest absolute Gasteiger partial charge is 1.00 e. The predicted octanol–water partition coefficient (Wildman–Crippen LogP) is 0.884. The summed E-state index contributed by atoms with van der Waals surface area (Å²) in [6.07, 6.45) is 12.4. The summed E-state index contributed by atoms with van der Waals surface area (Å²) in [5.74, 6) is 0. The molecule has 4 heteroatoms. The number of allylic oxidation sites excluding steroid dienone is 8. The minimum atomic E-state index is -2.21. The SMILES string of the molecule is C[Si](c1ccccc1)=[Hf+2]([C]1=CC(c2ccccc2)=CC1)[C]1=CC(c2ccccc2)=CC1.[Cl-].[Cl-]. The Balaban J connectivity index is 0.00000153. The van der Waals surface area contributed by atoms with E-state index in [2.05, 4.69) is 122 Å². The van der Waals surface area contributed by atoms with Crippen molar-refractivity contribution in [3.8, 4) is 0 Å². The molecule has 0 saturated carbocycles. The second-order valence-corrected chi connectivity index (χ2v) is 29.5. The molecule has 0 amide bonds. The van der Waals surface area contributed by atoms with Gasteiger partial charge in [-0.05, 0) is 0 Å². The van der Waals surface area contributed by atoms with Crippen LogP contribution in [0.15, 0.2) is 122 Å². The maximum atomic E-state index is 2.59. The van der Waals surface area contributed by atoms with Crippen molar-refractivity contribution in [3.05, 3.63) is 133 Å². The Hall–Kier alpha value is -1.71. The molecule has 0 N–H and O–H groups in total. The van der Waals surface area contributed by atoms with Crippen LogP contribution < -0.4 is 30.0 Å². The Morgan fingerprint density at radius 3 is 1.39 bits per heavy atom. The number of halogens is 2. The first-order chi connectivity index (χ1) is 15.3. The monoisotopic (exact) mass is 652 g/mol. The molecule has 0 radical (unpaired) electrons. The summed E-state index contributed by atoms with van der Waals surface area (Å²) in [4.78, 5) is 0. The summed E-state index contributed by atoms with van der Waals surface area (Å²) in [6, 6.07) is 33.1. The van der Waals surface area contributed by atoms with Crippen molar-refractivity contribution in [3.63, 3.8) is 0 Å². The Morgan fingerprint density at radius 2 is 0.970 bits per heavy atom. The number of rotatable bonds is 5. The zero-order valence-corrected chi connectivity index (χ0v) is 24.7. The zero-order valence-electron chi connectivity index (χ0n) is 18.6. The standard InChI is InChI=1S/2C11H9.C7H8Si.2ClH.Hf/c2*1-2-6-10(7-3-1)11-8-4-5-9-11;1-8-7-5-3-2-4-6-7;;;/h2*1-3,6-9H,4H2;2-6H,1H3;2*1H;/q;;;;;+2/p-2. The average Bonchev–Trinajstić information content (AvgIpc) is 3.52. The van der Waals surface area contributed by atoms with Gasteiger partial charge in [0.05, 0.1) is 0 Å². The number of benzene rings is 3. The normalized spacial score (nSPS) is 13.9. The number of hydrogen-bond acceptors (Lipinski definition) is 0. The van der Waals surface area contributed by atoms with Crippen LogP contribution in [0, 0.1) is 0 Å². The van der Waals surface area contributed by atoms with Crippen LogP contribution in [0.2, 0.25) is 6.55 Å². The van der Waals surface area contributed by atoms with Gasteiger partial charge in [-0.3, -0.25) is 0 Å². The van der Waals surface area contributed by atoms with Crippen LogP contribution in [0.5, 0.6) is 0 Å². The topological polar surface area (TPSA) is 0 Å². The minimum absolute atomic E-state index is 0. The molecule has 0 nitrogen and oxygen atoms in total. The largest absolute Gasteiger partial charge is 1.00 e. The van der Waals surface area contributed by atoms with Gasteiger partial charge in [0.1, 0.15) is 0 Å². The van der Waals surface area contributed by atoms with Gasteiger partial charge in [-0.2, -0.15) is 0 Å². The first kappa shape index (κ1) is 25.9. The van der Waals surface area contributed by atoms with E-state index >= 15 is 0 Å². The fraction of sp³-hybridized carbons (Fsp3) is 0.103. The van der Waals surface area contributed by atoms with E-state index in [1.807, 2.05) is 0 Å². The molecule has 0 unspecified atom stereocenters. The second-order valence-electron chi connectivity index (χ2n) is 8.16. The summed E-state index contributed by atoms with van der Waals surface area (Å²) in [6.45, 7) is 2.59. The van der Waals surface area contributed by atoms with E-state index in [-0.39, 0.29) is 24.8 Å². The Bertz CT molecular complexity index is 1180. The van der Waals surface area contributed by atoms with Crippen LogP contribution in [-0.4, -0.2) is 5.49 Å². The van der Waals surface area contributed by atoms with Crippen LogP contribution in [0.3, 0.4) is 0 Å². The van der Waals surface area contributed by atoms with Crippen LogP contribution in [0.25, 0.3) is 11.1 Å². The van der Waals surface area contributed by atoms with E-state index in [1.54, 1.807) is 11.8 Å². The average molecular weight is 652 g/mol. The van der Waals surface area contributed by atoms with E-state index in [4.69, 9.17) is 0 Å². The van der Waals surface area contributed by atoms with Gasteiger partial charge in [0.2, 0.25) is 0 Å². The molecule has 0 fully saturated rings. The van der Waals surface area contributed by atoms with Crippen molar-refractivity contribution in [1.29, 1.82) is 0 Å². The number of hydrogen-bond donors (Lipinski definition) is 0. The molecule has 0 aromatic heterocycles. The van der Waals surface area contributed by atoms with Crippen molar-refractivity contribution >= 4 is 21.8 Å². The van der Waals surface area contributed by atoms with Crippen LogP contribution in [0.4, 0.5) is 0 Å². The third-order valence-corrected chi connectivity index (χ3v) is 31.7. The van der Waals surface area contributed by atoms with Crippen LogP contribution in [-0.2, 0) is 20.1 Å². The summed E-state index contributed by atoms with van der Waals surface area (Å²) in [7, 11) is 0. The Labute approximate surface area is 217 Å². The van der Waals surface area contributed by atoms with Crippen molar-refractivity contribution in [2.24, 2.45) is 0 Å². The molecule has 0 bridgehead atoms. The molecule has 0 spiro atoms. The van der Waals surface area contributed by atoms with E-state index in [9.17, 15) is 0 Å². The molecule has 0 heterocycles. The van der Waals surface area contributed by atoms with Gasteiger partial charge >= 0.3 is 194 Å². The molecule has 0 atom stereocenters. The summed E-state index contributed by atoms with van der Waals surface area (Å²) in [5, 5.41) is 1.61. The Morgan fingerprint density at radius 1 is 0.576 bits per heavy atom.